The Morgan fingerprint density at radius 3 is 2.91 bits per heavy atom. The molecule has 9 heteroatoms. The molecule has 2 N–H and O–H groups in total. The predicted octanol–water partition coefficient (Wildman–Crippen LogP) is 1.76. The molecule has 1 atom stereocenters. The molecule has 0 saturated carbocycles. The molecule has 1 unspecified atom stereocenters. The van der Waals surface area contributed by atoms with Gasteiger partial charge in [-0.2, -0.15) is 5.10 Å². The van der Waals surface area contributed by atoms with Gasteiger partial charge in [0.15, 0.2) is 0 Å². The highest BCUT2D eigenvalue weighted by atomic mass is 16.5. The van der Waals surface area contributed by atoms with Crippen LogP contribution in [0, 0.1) is 0 Å². The zero-order chi connectivity index (χ0) is 22.8. The van der Waals surface area contributed by atoms with Crippen molar-refractivity contribution in [1.29, 1.82) is 0 Å². The highest BCUT2D eigenvalue weighted by Crippen LogP contribution is 2.27. The maximum Gasteiger partial charge on any atom is 0.227 e. The minimum absolute atomic E-state index is 0.0317. The first-order valence-corrected chi connectivity index (χ1v) is 10.9. The number of fused-ring (bicyclic) bond motifs is 1. The van der Waals surface area contributed by atoms with Crippen molar-refractivity contribution in [2.75, 3.05) is 31.6 Å². The average molecular weight is 440 g/mol. The third-order valence-electron chi connectivity index (χ3n) is 5.72. The van der Waals surface area contributed by atoms with Gasteiger partial charge in [-0.15, -0.1) is 0 Å². The number of aromatic nitrogens is 4. The van der Waals surface area contributed by atoms with Gasteiger partial charge in [0.1, 0.15) is 7.85 Å². The Labute approximate surface area is 193 Å². The van der Waals surface area contributed by atoms with Crippen molar-refractivity contribution >= 4 is 35.8 Å². The van der Waals surface area contributed by atoms with Crippen LogP contribution in [-0.2, 0) is 18.3 Å². The van der Waals surface area contributed by atoms with E-state index >= 15 is 0 Å². The van der Waals surface area contributed by atoms with Crippen LogP contribution in [0.3, 0.4) is 0 Å². The molecule has 2 radical (unpaired) electrons. The van der Waals surface area contributed by atoms with Crippen LogP contribution in [0.15, 0.2) is 55.0 Å². The Morgan fingerprint density at radius 1 is 1.18 bits per heavy atom. The Kier molecular flexibility index (Phi) is 6.08. The van der Waals surface area contributed by atoms with Crippen molar-refractivity contribution < 1.29 is 9.84 Å². The zero-order valence-corrected chi connectivity index (χ0v) is 18.5. The summed E-state index contributed by atoms with van der Waals surface area (Å²) >= 11 is 0. The van der Waals surface area contributed by atoms with Gasteiger partial charge in [0.2, 0.25) is 5.95 Å². The van der Waals surface area contributed by atoms with Gasteiger partial charge in [-0.1, -0.05) is 17.6 Å². The smallest absolute Gasteiger partial charge is 0.227 e. The standard InChI is InChI=1S/C24H25BN6O2/c1-30-13-19(11-27-30)17-6-16(12-31-4-5-33-22(14-31)15-32)7-21(9-17)28-24-26-10-18-8-20(25)2-3-23(18)29-24/h2-3,6-11,13,22,32H,4-5,12,14-15H2,1H3,(H,26,28,29). The summed E-state index contributed by atoms with van der Waals surface area (Å²) in [6, 6.07) is 12.0. The Bertz CT molecular complexity index is 1280. The number of ether oxygens (including phenoxy) is 1. The van der Waals surface area contributed by atoms with Gasteiger partial charge in [-0.25, -0.2) is 9.97 Å². The van der Waals surface area contributed by atoms with E-state index < -0.39 is 0 Å². The van der Waals surface area contributed by atoms with E-state index in [0.717, 1.165) is 46.4 Å². The normalized spacial score (nSPS) is 16.8. The van der Waals surface area contributed by atoms with Crippen molar-refractivity contribution in [3.8, 4) is 11.1 Å². The van der Waals surface area contributed by atoms with E-state index in [2.05, 4.69) is 43.5 Å². The molecule has 1 fully saturated rings. The molecule has 0 amide bonds. The fourth-order valence-corrected chi connectivity index (χ4v) is 4.13. The minimum atomic E-state index is -0.141. The quantitative estimate of drug-likeness (QED) is 0.442. The molecule has 8 nitrogen and oxygen atoms in total. The number of nitrogens with one attached hydrogen (secondary N) is 1. The average Bonchev–Trinajstić information content (AvgIpc) is 3.25. The third kappa shape index (κ3) is 5.06. The lowest BCUT2D eigenvalue weighted by atomic mass is 9.95. The van der Waals surface area contributed by atoms with Gasteiger partial charge in [0.05, 0.1) is 31.0 Å². The lowest BCUT2D eigenvalue weighted by Crippen LogP contribution is -2.43. The molecule has 33 heavy (non-hydrogen) atoms. The third-order valence-corrected chi connectivity index (χ3v) is 5.72. The molecule has 2 aromatic heterocycles. The monoisotopic (exact) mass is 440 g/mol. The molecule has 0 spiro atoms. The number of nitrogens with zero attached hydrogens (tertiary/aromatic N) is 5. The Morgan fingerprint density at radius 2 is 2.09 bits per heavy atom. The predicted molar refractivity (Wildman–Crippen MR) is 129 cm³/mol. The molecule has 2 aromatic carbocycles. The fraction of sp³-hybridized carbons (Fsp3) is 0.292. The highest BCUT2D eigenvalue weighted by Gasteiger charge is 2.20. The van der Waals surface area contributed by atoms with E-state index in [9.17, 15) is 5.11 Å². The van der Waals surface area contributed by atoms with Gasteiger partial charge in [0, 0.05) is 55.7 Å². The Balaban J connectivity index is 1.45. The molecule has 166 valence electrons. The van der Waals surface area contributed by atoms with E-state index in [4.69, 9.17) is 12.6 Å². The van der Waals surface area contributed by atoms with Crippen molar-refractivity contribution in [3.05, 3.63) is 60.6 Å². The summed E-state index contributed by atoms with van der Waals surface area (Å²) in [4.78, 5) is 11.4. The summed E-state index contributed by atoms with van der Waals surface area (Å²) in [6.45, 7) is 2.93. The first kappa shape index (κ1) is 21.6. The van der Waals surface area contributed by atoms with Gasteiger partial charge < -0.3 is 15.2 Å². The van der Waals surface area contributed by atoms with Crippen LogP contribution in [0.5, 0.6) is 0 Å². The van der Waals surface area contributed by atoms with E-state index in [-0.39, 0.29) is 12.7 Å². The second kappa shape index (κ2) is 9.31. The summed E-state index contributed by atoms with van der Waals surface area (Å²) in [5.41, 5.74) is 5.65. The number of aryl methyl sites for hydroxylation is 1. The van der Waals surface area contributed by atoms with E-state index in [1.807, 2.05) is 37.6 Å². The number of anilines is 2. The van der Waals surface area contributed by atoms with Crippen molar-refractivity contribution in [3.63, 3.8) is 0 Å². The van der Waals surface area contributed by atoms with Crippen molar-refractivity contribution in [2.24, 2.45) is 7.05 Å². The minimum Gasteiger partial charge on any atom is -0.394 e. The SMILES string of the molecule is [B]c1ccc2nc(Nc3cc(CN4CCOC(CO)C4)cc(-c4cnn(C)c4)c3)ncc2c1. The second-order valence-corrected chi connectivity index (χ2v) is 8.37. The molecule has 1 aliphatic heterocycles. The summed E-state index contributed by atoms with van der Waals surface area (Å²) in [5, 5.41) is 18.1. The van der Waals surface area contributed by atoms with Crippen LogP contribution in [0.2, 0.25) is 0 Å². The van der Waals surface area contributed by atoms with Gasteiger partial charge >= 0.3 is 0 Å². The lowest BCUT2D eigenvalue weighted by Gasteiger charge is -2.32. The fourth-order valence-electron chi connectivity index (χ4n) is 4.13. The molecule has 1 saturated heterocycles. The van der Waals surface area contributed by atoms with Crippen LogP contribution in [0.4, 0.5) is 11.6 Å². The molecule has 3 heterocycles. The lowest BCUT2D eigenvalue weighted by molar-refractivity contribution is -0.0550. The van der Waals surface area contributed by atoms with E-state index in [0.29, 0.717) is 24.6 Å². The molecule has 5 rings (SSSR count). The molecule has 0 aliphatic carbocycles. The first-order valence-electron chi connectivity index (χ1n) is 10.9. The number of aliphatic hydroxyl groups is 1. The second-order valence-electron chi connectivity index (χ2n) is 8.37. The van der Waals surface area contributed by atoms with Gasteiger partial charge in [-0.3, -0.25) is 9.58 Å². The summed E-state index contributed by atoms with van der Waals surface area (Å²) in [7, 11) is 7.77. The largest absolute Gasteiger partial charge is 0.394 e. The van der Waals surface area contributed by atoms with Crippen LogP contribution < -0.4 is 10.8 Å². The van der Waals surface area contributed by atoms with Crippen LogP contribution >= 0.6 is 0 Å². The molecular weight excluding hydrogens is 415 g/mol. The zero-order valence-electron chi connectivity index (χ0n) is 18.5. The number of hydrogen-bond acceptors (Lipinski definition) is 7. The Hall–Kier alpha value is -3.27. The number of benzene rings is 2. The molecule has 0 bridgehead atoms. The van der Waals surface area contributed by atoms with Crippen molar-refractivity contribution in [1.82, 2.24) is 24.6 Å². The molecule has 4 aromatic rings. The van der Waals surface area contributed by atoms with Crippen molar-refractivity contribution in [2.45, 2.75) is 12.6 Å². The van der Waals surface area contributed by atoms with E-state index in [1.54, 1.807) is 10.9 Å². The van der Waals surface area contributed by atoms with Crippen LogP contribution in [0.25, 0.3) is 22.0 Å². The summed E-state index contributed by atoms with van der Waals surface area (Å²) < 4.78 is 7.39. The first-order chi connectivity index (χ1) is 16.1. The van der Waals surface area contributed by atoms with E-state index in [1.165, 1.54) is 0 Å². The van der Waals surface area contributed by atoms with Crippen LogP contribution in [0.1, 0.15) is 5.56 Å². The number of hydrogen-bond donors (Lipinski definition) is 2. The number of morpholine rings is 1. The van der Waals surface area contributed by atoms with Crippen LogP contribution in [-0.4, -0.2) is 70.0 Å². The number of rotatable bonds is 6. The topological polar surface area (TPSA) is 88.3 Å². The van der Waals surface area contributed by atoms with Gasteiger partial charge in [0.25, 0.3) is 0 Å². The molecule has 1 aliphatic rings. The molecular formula is C24H25BN6O2. The maximum atomic E-state index is 9.48. The maximum absolute atomic E-state index is 9.48. The van der Waals surface area contributed by atoms with Gasteiger partial charge in [-0.05, 0) is 35.4 Å². The highest BCUT2D eigenvalue weighted by molar-refractivity contribution is 6.33. The number of aliphatic hydroxyl groups excluding tert-OH is 1. The summed E-state index contributed by atoms with van der Waals surface area (Å²) in [5.74, 6) is 0.522. The summed E-state index contributed by atoms with van der Waals surface area (Å²) in [6.07, 6.45) is 5.49.